The fraction of sp³-hybridized carbons (Fsp3) is 0.0952. The smallest absolute Gasteiger partial charge is 0.295 e. The molecule has 172 valence electrons. The van der Waals surface area contributed by atoms with Gasteiger partial charge in [0.15, 0.2) is 11.5 Å². The second-order valence-corrected chi connectivity index (χ2v) is 8.25. The number of anilines is 2. The Kier molecular flexibility index (Phi) is 6.98. The molecule has 3 aromatic rings. The number of nitrogens with one attached hydrogen (secondary N) is 2. The van der Waals surface area contributed by atoms with E-state index in [0.29, 0.717) is 11.3 Å². The van der Waals surface area contributed by atoms with Crippen LogP contribution < -0.4 is 19.6 Å². The van der Waals surface area contributed by atoms with E-state index in [-0.39, 0.29) is 27.8 Å². The molecule has 0 amide bonds. The van der Waals surface area contributed by atoms with Gasteiger partial charge in [0.2, 0.25) is 0 Å². The average Bonchev–Trinajstić information content (AvgIpc) is 2.79. The first-order valence-corrected chi connectivity index (χ1v) is 10.8. The van der Waals surface area contributed by atoms with Crippen LogP contribution in [-0.2, 0) is 10.0 Å². The summed E-state index contributed by atoms with van der Waals surface area (Å²) < 4.78 is 37.7. The topological polar surface area (TPSA) is 152 Å². The van der Waals surface area contributed by atoms with E-state index in [1.807, 2.05) is 0 Å². The molecule has 33 heavy (non-hydrogen) atoms. The van der Waals surface area contributed by atoms with Crippen molar-refractivity contribution in [2.75, 3.05) is 24.4 Å². The molecule has 0 saturated heterocycles. The molecule has 0 aliphatic rings. The van der Waals surface area contributed by atoms with Crippen molar-refractivity contribution in [2.24, 2.45) is 5.10 Å². The van der Waals surface area contributed by atoms with Crippen LogP contribution in [0.4, 0.5) is 17.1 Å². The first-order valence-electron chi connectivity index (χ1n) is 9.35. The van der Waals surface area contributed by atoms with Gasteiger partial charge in [-0.2, -0.15) is 5.10 Å². The molecule has 0 aromatic heterocycles. The Hall–Kier alpha value is -4.32. The summed E-state index contributed by atoms with van der Waals surface area (Å²) >= 11 is 0. The molecule has 3 rings (SSSR count). The van der Waals surface area contributed by atoms with E-state index in [2.05, 4.69) is 15.2 Å². The fourth-order valence-corrected chi connectivity index (χ4v) is 3.84. The van der Waals surface area contributed by atoms with Crippen LogP contribution in [0.1, 0.15) is 5.56 Å². The monoisotopic (exact) mass is 472 g/mol. The second-order valence-electron chi connectivity index (χ2n) is 6.57. The van der Waals surface area contributed by atoms with Crippen molar-refractivity contribution in [1.29, 1.82) is 0 Å². The minimum atomic E-state index is -4.08. The number of aromatic hydroxyl groups is 1. The average molecular weight is 472 g/mol. The highest BCUT2D eigenvalue weighted by molar-refractivity contribution is 7.92. The minimum Gasteiger partial charge on any atom is -0.504 e. The Morgan fingerprint density at radius 3 is 2.36 bits per heavy atom. The SMILES string of the molecule is COc1ccc(NS(=O)(=O)c2ccc(NN=Cc3ccc(OC)c(O)c3)c([N+](=O)[O-])c2)cc1. The van der Waals surface area contributed by atoms with Crippen molar-refractivity contribution in [3.63, 3.8) is 0 Å². The van der Waals surface area contributed by atoms with Crippen LogP contribution in [-0.4, -0.2) is 38.9 Å². The summed E-state index contributed by atoms with van der Waals surface area (Å²) in [5.74, 6) is 0.747. The van der Waals surface area contributed by atoms with Gasteiger partial charge in [-0.15, -0.1) is 0 Å². The van der Waals surface area contributed by atoms with E-state index in [1.165, 1.54) is 56.8 Å². The van der Waals surface area contributed by atoms with Gasteiger partial charge in [-0.1, -0.05) is 0 Å². The second kappa shape index (κ2) is 9.87. The molecule has 0 radical (unpaired) electrons. The number of hydrazone groups is 1. The van der Waals surface area contributed by atoms with Crippen molar-refractivity contribution < 1.29 is 27.9 Å². The highest BCUT2D eigenvalue weighted by Crippen LogP contribution is 2.29. The molecule has 0 unspecified atom stereocenters. The number of nitrogens with zero attached hydrogens (tertiary/aromatic N) is 2. The van der Waals surface area contributed by atoms with Gasteiger partial charge >= 0.3 is 0 Å². The number of methoxy groups -OCH3 is 2. The van der Waals surface area contributed by atoms with Crippen molar-refractivity contribution >= 4 is 33.3 Å². The number of hydrogen-bond acceptors (Lipinski definition) is 9. The third-order valence-corrected chi connectivity index (χ3v) is 5.80. The van der Waals surface area contributed by atoms with Crippen LogP contribution >= 0.6 is 0 Å². The van der Waals surface area contributed by atoms with Gasteiger partial charge in [-0.25, -0.2) is 8.42 Å². The Balaban J connectivity index is 1.80. The fourth-order valence-electron chi connectivity index (χ4n) is 2.76. The van der Waals surface area contributed by atoms with Gasteiger partial charge in [-0.3, -0.25) is 20.3 Å². The van der Waals surface area contributed by atoms with Crippen LogP contribution in [0.15, 0.2) is 70.7 Å². The predicted octanol–water partition coefficient (Wildman–Crippen LogP) is 3.56. The number of hydrogen-bond donors (Lipinski definition) is 3. The summed E-state index contributed by atoms with van der Waals surface area (Å²) in [7, 11) is -1.18. The zero-order valence-corrected chi connectivity index (χ0v) is 18.4. The zero-order valence-electron chi connectivity index (χ0n) is 17.6. The molecule has 0 aliphatic heterocycles. The van der Waals surface area contributed by atoms with Crippen molar-refractivity contribution in [2.45, 2.75) is 4.90 Å². The molecule has 11 nitrogen and oxygen atoms in total. The number of benzene rings is 3. The summed E-state index contributed by atoms with van der Waals surface area (Å²) in [5, 5.41) is 25.2. The summed E-state index contributed by atoms with van der Waals surface area (Å²) in [6.07, 6.45) is 1.33. The summed E-state index contributed by atoms with van der Waals surface area (Å²) in [4.78, 5) is 10.5. The Morgan fingerprint density at radius 2 is 1.76 bits per heavy atom. The third-order valence-electron chi connectivity index (χ3n) is 4.42. The first-order chi connectivity index (χ1) is 15.7. The number of phenols is 1. The molecular formula is C21H20N4O7S. The van der Waals surface area contributed by atoms with Gasteiger partial charge in [0, 0.05) is 11.8 Å². The number of nitro benzene ring substituents is 1. The van der Waals surface area contributed by atoms with Crippen LogP contribution in [0.2, 0.25) is 0 Å². The van der Waals surface area contributed by atoms with E-state index in [0.717, 1.165) is 6.07 Å². The molecule has 0 saturated carbocycles. The molecule has 3 aromatic carbocycles. The highest BCUT2D eigenvalue weighted by atomic mass is 32.2. The van der Waals surface area contributed by atoms with E-state index in [4.69, 9.17) is 9.47 Å². The number of sulfonamides is 1. The summed E-state index contributed by atoms with van der Waals surface area (Å²) in [5.41, 5.74) is 2.79. The lowest BCUT2D eigenvalue weighted by Crippen LogP contribution is -2.13. The molecular weight excluding hydrogens is 452 g/mol. The molecule has 0 fully saturated rings. The van der Waals surface area contributed by atoms with Crippen molar-refractivity contribution in [3.8, 4) is 17.2 Å². The first kappa shape index (κ1) is 23.3. The lowest BCUT2D eigenvalue weighted by Gasteiger charge is -2.10. The number of rotatable bonds is 9. The molecule has 0 heterocycles. The molecule has 0 spiro atoms. The quantitative estimate of drug-likeness (QED) is 0.243. The van der Waals surface area contributed by atoms with E-state index >= 15 is 0 Å². The Bertz CT molecular complexity index is 1290. The minimum absolute atomic E-state index is 0.0163. The largest absolute Gasteiger partial charge is 0.504 e. The highest BCUT2D eigenvalue weighted by Gasteiger charge is 2.21. The third kappa shape index (κ3) is 5.68. The molecule has 0 aliphatic carbocycles. The number of phenolic OH excluding ortho intramolecular Hbond substituents is 1. The molecule has 0 atom stereocenters. The molecule has 12 heteroatoms. The van der Waals surface area contributed by atoms with Crippen molar-refractivity contribution in [3.05, 3.63) is 76.3 Å². The van der Waals surface area contributed by atoms with E-state index in [1.54, 1.807) is 18.2 Å². The Labute approximate surface area is 189 Å². The maximum absolute atomic E-state index is 12.7. The van der Waals surface area contributed by atoms with Gasteiger partial charge < -0.3 is 14.6 Å². The van der Waals surface area contributed by atoms with E-state index < -0.39 is 20.6 Å². The maximum Gasteiger partial charge on any atom is 0.295 e. The van der Waals surface area contributed by atoms with Crippen LogP contribution in [0.3, 0.4) is 0 Å². The standard InChI is InChI=1S/C21H20N4O7S/c1-31-16-6-4-15(5-7-16)24-33(29,30)17-8-9-18(19(12-17)25(27)28)23-22-13-14-3-10-21(32-2)20(26)11-14/h3-13,23-24,26H,1-2H3. The van der Waals surface area contributed by atoms with Crippen molar-refractivity contribution in [1.82, 2.24) is 0 Å². The van der Waals surface area contributed by atoms with Crippen LogP contribution in [0, 0.1) is 10.1 Å². The van der Waals surface area contributed by atoms with Gasteiger partial charge in [-0.05, 0) is 60.2 Å². The number of nitro groups is 1. The molecule has 3 N–H and O–H groups in total. The zero-order chi connectivity index (χ0) is 24.0. The lowest BCUT2D eigenvalue weighted by atomic mass is 10.2. The van der Waals surface area contributed by atoms with E-state index in [9.17, 15) is 23.6 Å². The predicted molar refractivity (Wildman–Crippen MR) is 123 cm³/mol. The summed E-state index contributed by atoms with van der Waals surface area (Å²) in [6.45, 7) is 0. The lowest BCUT2D eigenvalue weighted by molar-refractivity contribution is -0.384. The van der Waals surface area contributed by atoms with Crippen LogP contribution in [0.25, 0.3) is 0 Å². The van der Waals surface area contributed by atoms with Crippen LogP contribution in [0.5, 0.6) is 17.2 Å². The molecule has 0 bridgehead atoms. The van der Waals surface area contributed by atoms with Gasteiger partial charge in [0.05, 0.1) is 30.3 Å². The van der Waals surface area contributed by atoms with Gasteiger partial charge in [0.25, 0.3) is 15.7 Å². The summed E-state index contributed by atoms with van der Waals surface area (Å²) in [6, 6.07) is 14.1. The van der Waals surface area contributed by atoms with Gasteiger partial charge in [0.1, 0.15) is 11.4 Å². The maximum atomic E-state index is 12.7. The normalized spacial score (nSPS) is 11.2. The number of ether oxygens (including phenoxy) is 2. The Morgan fingerprint density at radius 1 is 1.03 bits per heavy atom.